The maximum Gasteiger partial charge on any atom is 0.295 e. The van der Waals surface area contributed by atoms with Gasteiger partial charge in [-0.1, -0.05) is 24.3 Å². The predicted molar refractivity (Wildman–Crippen MR) is 66.0 cm³/mol. The largest absolute Gasteiger partial charge is 0.295 e. The van der Waals surface area contributed by atoms with Gasteiger partial charge in [0.1, 0.15) is 0 Å². The minimum absolute atomic E-state index is 0.215. The summed E-state index contributed by atoms with van der Waals surface area (Å²) in [4.78, 5) is 26.3. The Kier molecular flexibility index (Phi) is 3.48. The quantitative estimate of drug-likeness (QED) is 0.783. The van der Waals surface area contributed by atoms with Crippen LogP contribution in [0.2, 0.25) is 0 Å². The molecule has 3 radical (unpaired) electrons. The molecule has 0 spiro atoms. The SMILES string of the molecule is [N]C(=O)C1=CCC(=NC(=O)c2[c]cccc2)C=C1. The third kappa shape index (κ3) is 2.79. The Morgan fingerprint density at radius 3 is 2.67 bits per heavy atom. The van der Waals surface area contributed by atoms with Gasteiger partial charge in [0.25, 0.3) is 11.8 Å². The van der Waals surface area contributed by atoms with Crippen LogP contribution in [-0.4, -0.2) is 17.5 Å². The second-order valence-corrected chi connectivity index (χ2v) is 3.69. The fraction of sp³-hybridized carbons (Fsp3) is 0.0714. The van der Waals surface area contributed by atoms with E-state index in [0.29, 0.717) is 17.7 Å². The van der Waals surface area contributed by atoms with Gasteiger partial charge in [0.2, 0.25) is 0 Å². The maximum atomic E-state index is 11.7. The zero-order valence-corrected chi connectivity index (χ0v) is 9.46. The summed E-state index contributed by atoms with van der Waals surface area (Å²) in [5.41, 5.74) is 9.91. The highest BCUT2D eigenvalue weighted by Crippen LogP contribution is 2.09. The first kappa shape index (κ1) is 12.0. The molecule has 1 aliphatic rings. The van der Waals surface area contributed by atoms with Gasteiger partial charge in [0.15, 0.2) is 0 Å². The van der Waals surface area contributed by atoms with Gasteiger partial charge in [-0.15, -0.1) is 5.73 Å². The molecular formula is C14H9N2O2. The van der Waals surface area contributed by atoms with Crippen molar-refractivity contribution in [1.29, 1.82) is 0 Å². The first-order valence-corrected chi connectivity index (χ1v) is 5.37. The van der Waals surface area contributed by atoms with Crippen molar-refractivity contribution in [3.05, 3.63) is 59.7 Å². The molecule has 0 fully saturated rings. The Hall–Kier alpha value is -2.49. The lowest BCUT2D eigenvalue weighted by Crippen LogP contribution is -2.08. The average molecular weight is 237 g/mol. The van der Waals surface area contributed by atoms with Crippen LogP contribution >= 0.6 is 0 Å². The zero-order valence-electron chi connectivity index (χ0n) is 9.46. The van der Waals surface area contributed by atoms with E-state index < -0.39 is 5.91 Å². The van der Waals surface area contributed by atoms with Crippen molar-refractivity contribution in [2.45, 2.75) is 6.42 Å². The third-order valence-electron chi connectivity index (χ3n) is 2.42. The molecule has 0 N–H and O–H groups in total. The second kappa shape index (κ2) is 5.23. The molecule has 4 heteroatoms. The Balaban J connectivity index is 2.12. The summed E-state index contributed by atoms with van der Waals surface area (Å²) in [6.45, 7) is 0. The lowest BCUT2D eigenvalue weighted by atomic mass is 10.1. The summed E-state index contributed by atoms with van der Waals surface area (Å²) in [7, 11) is 0. The molecule has 2 rings (SSSR count). The van der Waals surface area contributed by atoms with Gasteiger partial charge >= 0.3 is 0 Å². The summed E-state index contributed by atoms with van der Waals surface area (Å²) in [5, 5.41) is 0. The lowest BCUT2D eigenvalue weighted by molar-refractivity contribution is -0.114. The molecule has 0 saturated heterocycles. The Bertz CT molecular complexity index is 569. The normalized spacial score (nSPS) is 16.4. The van der Waals surface area contributed by atoms with Crippen LogP contribution in [0, 0.1) is 6.07 Å². The van der Waals surface area contributed by atoms with E-state index in [1.165, 1.54) is 12.2 Å². The van der Waals surface area contributed by atoms with Crippen molar-refractivity contribution >= 4 is 17.5 Å². The van der Waals surface area contributed by atoms with Crippen LogP contribution in [0.5, 0.6) is 0 Å². The molecule has 0 unspecified atom stereocenters. The smallest absolute Gasteiger partial charge is 0.267 e. The molecule has 1 aromatic rings. The van der Waals surface area contributed by atoms with E-state index in [4.69, 9.17) is 5.73 Å². The highest BCUT2D eigenvalue weighted by molar-refractivity contribution is 6.10. The van der Waals surface area contributed by atoms with Crippen LogP contribution in [0.3, 0.4) is 0 Å². The molecule has 0 aliphatic heterocycles. The number of rotatable bonds is 2. The molecule has 1 aromatic carbocycles. The highest BCUT2D eigenvalue weighted by Gasteiger charge is 2.10. The number of allylic oxidation sites excluding steroid dienone is 2. The first-order valence-electron chi connectivity index (χ1n) is 5.37. The summed E-state index contributed by atoms with van der Waals surface area (Å²) in [5.74, 6) is -1.35. The second-order valence-electron chi connectivity index (χ2n) is 3.69. The summed E-state index contributed by atoms with van der Waals surface area (Å²) in [6, 6.07) is 9.59. The fourth-order valence-electron chi connectivity index (χ4n) is 1.50. The van der Waals surface area contributed by atoms with Crippen molar-refractivity contribution in [3.63, 3.8) is 0 Å². The van der Waals surface area contributed by atoms with E-state index in [1.807, 2.05) is 0 Å². The van der Waals surface area contributed by atoms with E-state index in [2.05, 4.69) is 11.1 Å². The van der Waals surface area contributed by atoms with Gasteiger partial charge in [-0.2, -0.15) is 0 Å². The lowest BCUT2D eigenvalue weighted by Gasteiger charge is -2.04. The Labute approximate surface area is 105 Å². The predicted octanol–water partition coefficient (Wildman–Crippen LogP) is 1.55. The number of hydrogen-bond donors (Lipinski definition) is 0. The molecule has 18 heavy (non-hydrogen) atoms. The standard InChI is InChI=1S/C14H9N2O2/c15-13(17)10-6-8-12(9-7-10)16-14(18)11-4-2-1-3-5-11/h1-4,6-8H,9H2. The van der Waals surface area contributed by atoms with E-state index in [1.54, 1.807) is 30.3 Å². The molecule has 0 bridgehead atoms. The minimum Gasteiger partial charge on any atom is -0.267 e. The van der Waals surface area contributed by atoms with Gasteiger partial charge in [0.05, 0.1) is 0 Å². The molecule has 0 saturated carbocycles. The molecule has 87 valence electrons. The van der Waals surface area contributed by atoms with Crippen molar-refractivity contribution in [1.82, 2.24) is 5.73 Å². The van der Waals surface area contributed by atoms with E-state index in [9.17, 15) is 9.59 Å². The average Bonchev–Trinajstić information content (AvgIpc) is 2.40. The third-order valence-corrected chi connectivity index (χ3v) is 2.42. The van der Waals surface area contributed by atoms with Crippen LogP contribution < -0.4 is 5.73 Å². The topological polar surface area (TPSA) is 68.8 Å². The minimum atomic E-state index is -0.979. The van der Waals surface area contributed by atoms with Gasteiger partial charge in [0, 0.05) is 23.3 Å². The molecule has 0 atom stereocenters. The van der Waals surface area contributed by atoms with E-state index >= 15 is 0 Å². The van der Waals surface area contributed by atoms with Crippen LogP contribution in [0.4, 0.5) is 0 Å². The van der Waals surface area contributed by atoms with Crippen molar-refractivity contribution in [3.8, 4) is 0 Å². The van der Waals surface area contributed by atoms with Crippen molar-refractivity contribution < 1.29 is 9.59 Å². The fourth-order valence-corrected chi connectivity index (χ4v) is 1.50. The van der Waals surface area contributed by atoms with Gasteiger partial charge in [-0.25, -0.2) is 4.99 Å². The summed E-state index contributed by atoms with van der Waals surface area (Å²) < 4.78 is 0. The zero-order chi connectivity index (χ0) is 13.0. The highest BCUT2D eigenvalue weighted by atomic mass is 16.1. The van der Waals surface area contributed by atoms with Crippen molar-refractivity contribution in [2.24, 2.45) is 4.99 Å². The van der Waals surface area contributed by atoms with Gasteiger partial charge < -0.3 is 0 Å². The first-order chi connectivity index (χ1) is 8.66. The Morgan fingerprint density at radius 1 is 1.28 bits per heavy atom. The maximum absolute atomic E-state index is 11.7. The monoisotopic (exact) mass is 237 g/mol. The van der Waals surface area contributed by atoms with Crippen molar-refractivity contribution in [2.75, 3.05) is 0 Å². The van der Waals surface area contributed by atoms with E-state index in [-0.39, 0.29) is 11.5 Å². The molecule has 2 amide bonds. The summed E-state index contributed by atoms with van der Waals surface area (Å²) in [6.07, 6.45) is 4.86. The van der Waals surface area contributed by atoms with Crippen LogP contribution in [0.25, 0.3) is 0 Å². The number of carbonyl (C=O) groups excluding carboxylic acids is 2. The number of carbonyl (C=O) groups is 2. The van der Waals surface area contributed by atoms with E-state index in [0.717, 1.165) is 0 Å². The number of hydrogen-bond acceptors (Lipinski definition) is 2. The summed E-state index contributed by atoms with van der Waals surface area (Å²) >= 11 is 0. The van der Waals surface area contributed by atoms with Gasteiger partial charge in [-0.3, -0.25) is 9.59 Å². The number of aliphatic imine (C=N–C) groups is 1. The molecule has 0 aromatic heterocycles. The molecule has 1 aliphatic carbocycles. The number of nitrogens with zero attached hydrogens (tertiary/aromatic N) is 2. The molecule has 4 nitrogen and oxygen atoms in total. The van der Waals surface area contributed by atoms with Crippen LogP contribution in [-0.2, 0) is 4.79 Å². The number of benzene rings is 1. The number of amides is 2. The van der Waals surface area contributed by atoms with Crippen LogP contribution in [0.1, 0.15) is 16.8 Å². The molecular weight excluding hydrogens is 228 g/mol. The van der Waals surface area contributed by atoms with Gasteiger partial charge in [-0.05, 0) is 24.3 Å². The van der Waals surface area contributed by atoms with Crippen LogP contribution in [0.15, 0.2) is 53.1 Å². The molecule has 0 heterocycles. The Morgan fingerprint density at radius 2 is 2.11 bits per heavy atom.